The summed E-state index contributed by atoms with van der Waals surface area (Å²) in [6.45, 7) is 5.18. The average Bonchev–Trinajstić information content (AvgIpc) is 2.06. The van der Waals surface area contributed by atoms with Crippen LogP contribution in [0.4, 0.5) is 4.79 Å². The molecule has 1 amide bonds. The van der Waals surface area contributed by atoms with Gasteiger partial charge >= 0.3 is 6.09 Å². The molecule has 0 aromatic rings. The van der Waals surface area contributed by atoms with Gasteiger partial charge in [0.1, 0.15) is 0 Å². The molecule has 88 valence electrons. The zero-order valence-corrected chi connectivity index (χ0v) is 9.29. The summed E-state index contributed by atoms with van der Waals surface area (Å²) in [5.74, 6) is 0.174. The van der Waals surface area contributed by atoms with Crippen LogP contribution >= 0.6 is 0 Å². The summed E-state index contributed by atoms with van der Waals surface area (Å²) in [6, 6.07) is 0. The second kappa shape index (κ2) is 4.81. The maximum absolute atomic E-state index is 10.6. The number of hydrogen-bond donors (Lipinski definition) is 4. The van der Waals surface area contributed by atoms with Crippen molar-refractivity contribution in [3.05, 3.63) is 0 Å². The van der Waals surface area contributed by atoms with Crippen LogP contribution in [0.3, 0.4) is 0 Å². The predicted molar refractivity (Wildman–Crippen MR) is 56.8 cm³/mol. The minimum atomic E-state index is -1.01. The smallest absolute Gasteiger partial charge is 0.405 e. The highest BCUT2D eigenvalue weighted by Gasteiger charge is 2.30. The maximum atomic E-state index is 10.6. The molecule has 0 aromatic heterocycles. The monoisotopic (exact) mass is 216 g/mol. The number of aliphatic hydroxyl groups excluding tert-OH is 1. The van der Waals surface area contributed by atoms with Crippen LogP contribution in [0.15, 0.2) is 0 Å². The summed E-state index contributed by atoms with van der Waals surface area (Å²) >= 11 is 0. The molecule has 0 aromatic carbocycles. The Kier molecular flexibility index (Phi) is 3.93. The molecule has 2 atom stereocenters. The van der Waals surface area contributed by atoms with Crippen LogP contribution in [-0.2, 0) is 0 Å². The zero-order chi connectivity index (χ0) is 11.5. The SMILES string of the molecule is CC(C)(CC1CCNCC1O)NC(=O)O. The van der Waals surface area contributed by atoms with Gasteiger partial charge in [-0.15, -0.1) is 0 Å². The van der Waals surface area contributed by atoms with Gasteiger partial charge in [0.05, 0.1) is 6.10 Å². The van der Waals surface area contributed by atoms with E-state index in [0.29, 0.717) is 13.0 Å². The molecule has 0 spiro atoms. The Labute approximate surface area is 89.9 Å². The first-order chi connectivity index (χ1) is 6.91. The summed E-state index contributed by atoms with van der Waals surface area (Å²) < 4.78 is 0. The van der Waals surface area contributed by atoms with E-state index in [0.717, 1.165) is 13.0 Å². The van der Waals surface area contributed by atoms with Crippen molar-refractivity contribution in [1.82, 2.24) is 10.6 Å². The molecule has 0 saturated carbocycles. The van der Waals surface area contributed by atoms with Crippen molar-refractivity contribution in [2.45, 2.75) is 38.3 Å². The molecule has 4 N–H and O–H groups in total. The lowest BCUT2D eigenvalue weighted by Crippen LogP contribution is -2.49. The van der Waals surface area contributed by atoms with Gasteiger partial charge in [-0.3, -0.25) is 0 Å². The van der Waals surface area contributed by atoms with Crippen molar-refractivity contribution in [2.24, 2.45) is 5.92 Å². The summed E-state index contributed by atoms with van der Waals surface area (Å²) in [5, 5.41) is 24.0. The van der Waals surface area contributed by atoms with Gasteiger partial charge in [0.25, 0.3) is 0 Å². The molecule has 15 heavy (non-hydrogen) atoms. The summed E-state index contributed by atoms with van der Waals surface area (Å²) in [6.07, 6.45) is 0.186. The molecule has 1 saturated heterocycles. The largest absolute Gasteiger partial charge is 0.465 e. The third kappa shape index (κ3) is 4.05. The third-order valence-corrected chi connectivity index (χ3v) is 2.81. The standard InChI is InChI=1S/C10H20N2O3/c1-10(2,12-9(14)15)5-7-3-4-11-6-8(7)13/h7-8,11-13H,3-6H2,1-2H3,(H,14,15). The van der Waals surface area contributed by atoms with Gasteiger partial charge in [0.2, 0.25) is 0 Å². The van der Waals surface area contributed by atoms with E-state index in [4.69, 9.17) is 5.11 Å². The fraction of sp³-hybridized carbons (Fsp3) is 0.900. The number of carbonyl (C=O) groups is 1. The van der Waals surface area contributed by atoms with Gasteiger partial charge in [0.15, 0.2) is 0 Å². The van der Waals surface area contributed by atoms with E-state index in [-0.39, 0.29) is 12.0 Å². The van der Waals surface area contributed by atoms with Crippen LogP contribution in [0.25, 0.3) is 0 Å². The lowest BCUT2D eigenvalue weighted by molar-refractivity contribution is 0.0618. The number of amides is 1. The molecule has 1 aliphatic heterocycles. The molecular formula is C10H20N2O3. The van der Waals surface area contributed by atoms with Crippen LogP contribution in [0, 0.1) is 5.92 Å². The van der Waals surface area contributed by atoms with E-state index in [9.17, 15) is 9.90 Å². The average molecular weight is 216 g/mol. The number of piperidine rings is 1. The van der Waals surface area contributed by atoms with E-state index in [1.165, 1.54) is 0 Å². The highest BCUT2D eigenvalue weighted by molar-refractivity contribution is 5.65. The maximum Gasteiger partial charge on any atom is 0.405 e. The highest BCUT2D eigenvalue weighted by atomic mass is 16.4. The van der Waals surface area contributed by atoms with E-state index in [1.807, 2.05) is 13.8 Å². The van der Waals surface area contributed by atoms with Crippen LogP contribution in [0.5, 0.6) is 0 Å². The fourth-order valence-corrected chi connectivity index (χ4v) is 2.13. The van der Waals surface area contributed by atoms with E-state index >= 15 is 0 Å². The first kappa shape index (κ1) is 12.3. The van der Waals surface area contributed by atoms with Crippen LogP contribution in [-0.4, -0.2) is 41.0 Å². The normalized spacial score (nSPS) is 27.4. The molecular weight excluding hydrogens is 196 g/mol. The topological polar surface area (TPSA) is 81.6 Å². The summed E-state index contributed by atoms with van der Waals surface area (Å²) in [5.41, 5.74) is -0.477. The van der Waals surface area contributed by atoms with Gasteiger partial charge in [-0.1, -0.05) is 0 Å². The molecule has 1 rings (SSSR count). The zero-order valence-electron chi connectivity index (χ0n) is 9.29. The molecule has 2 unspecified atom stereocenters. The van der Waals surface area contributed by atoms with E-state index in [2.05, 4.69) is 10.6 Å². The summed E-state index contributed by atoms with van der Waals surface area (Å²) in [7, 11) is 0. The Morgan fingerprint density at radius 2 is 2.27 bits per heavy atom. The molecule has 1 fully saturated rings. The molecule has 1 aliphatic rings. The first-order valence-electron chi connectivity index (χ1n) is 5.30. The Hall–Kier alpha value is -0.810. The molecule has 5 heteroatoms. The first-order valence-corrected chi connectivity index (χ1v) is 5.30. The van der Waals surface area contributed by atoms with Gasteiger partial charge in [-0.2, -0.15) is 0 Å². The number of carboxylic acid groups (broad SMARTS) is 1. The highest BCUT2D eigenvalue weighted by Crippen LogP contribution is 2.23. The van der Waals surface area contributed by atoms with Crippen molar-refractivity contribution >= 4 is 6.09 Å². The van der Waals surface area contributed by atoms with E-state index in [1.54, 1.807) is 0 Å². The Morgan fingerprint density at radius 3 is 2.80 bits per heavy atom. The third-order valence-electron chi connectivity index (χ3n) is 2.81. The number of rotatable bonds is 3. The van der Waals surface area contributed by atoms with Crippen LogP contribution < -0.4 is 10.6 Å². The van der Waals surface area contributed by atoms with Gasteiger partial charge in [0, 0.05) is 12.1 Å². The Balaban J connectivity index is 2.47. The summed E-state index contributed by atoms with van der Waals surface area (Å²) in [4.78, 5) is 10.6. The minimum absolute atomic E-state index is 0.174. The molecule has 5 nitrogen and oxygen atoms in total. The lowest BCUT2D eigenvalue weighted by Gasteiger charge is -2.35. The van der Waals surface area contributed by atoms with Crippen LogP contribution in [0.1, 0.15) is 26.7 Å². The Bertz CT molecular complexity index is 231. The van der Waals surface area contributed by atoms with Crippen molar-refractivity contribution < 1.29 is 15.0 Å². The number of hydrogen-bond acceptors (Lipinski definition) is 3. The van der Waals surface area contributed by atoms with Gasteiger partial charge in [-0.25, -0.2) is 4.79 Å². The van der Waals surface area contributed by atoms with Crippen LogP contribution in [0.2, 0.25) is 0 Å². The molecule has 1 heterocycles. The van der Waals surface area contributed by atoms with Gasteiger partial charge < -0.3 is 20.8 Å². The number of aliphatic hydroxyl groups is 1. The lowest BCUT2D eigenvalue weighted by atomic mass is 9.83. The van der Waals surface area contributed by atoms with Crippen molar-refractivity contribution in [3.63, 3.8) is 0 Å². The molecule has 0 radical (unpaired) electrons. The van der Waals surface area contributed by atoms with Crippen molar-refractivity contribution in [3.8, 4) is 0 Å². The Morgan fingerprint density at radius 1 is 1.60 bits per heavy atom. The van der Waals surface area contributed by atoms with E-state index < -0.39 is 11.6 Å². The van der Waals surface area contributed by atoms with Crippen molar-refractivity contribution in [2.75, 3.05) is 13.1 Å². The number of nitrogens with one attached hydrogen (secondary N) is 2. The second-order valence-corrected chi connectivity index (χ2v) is 4.84. The quantitative estimate of drug-likeness (QED) is 0.550. The molecule has 0 bridgehead atoms. The minimum Gasteiger partial charge on any atom is -0.465 e. The van der Waals surface area contributed by atoms with Crippen molar-refractivity contribution in [1.29, 1.82) is 0 Å². The predicted octanol–water partition coefficient (Wildman–Crippen LogP) is 0.393. The fourth-order valence-electron chi connectivity index (χ4n) is 2.13. The second-order valence-electron chi connectivity index (χ2n) is 4.84. The number of β-amino-alcohol motifs (C(OH)–C–C–N with tert-alkyl or cyclic N) is 1. The van der Waals surface area contributed by atoms with Gasteiger partial charge in [-0.05, 0) is 39.2 Å². The molecule has 0 aliphatic carbocycles.